The van der Waals surface area contributed by atoms with Crippen molar-refractivity contribution in [2.24, 2.45) is 5.92 Å². The lowest BCUT2D eigenvalue weighted by molar-refractivity contribution is -0.384. The molecular formula is C21H25N3O4S. The van der Waals surface area contributed by atoms with E-state index in [9.17, 15) is 18.5 Å². The first-order valence-corrected chi connectivity index (χ1v) is 10.9. The van der Waals surface area contributed by atoms with Gasteiger partial charge in [0, 0.05) is 37.1 Å². The number of non-ortho nitro benzene ring substituents is 1. The third-order valence-corrected chi connectivity index (χ3v) is 6.96. The molecule has 1 aliphatic heterocycles. The van der Waals surface area contributed by atoms with Crippen LogP contribution in [0.15, 0.2) is 71.4 Å². The molecule has 0 saturated carbocycles. The van der Waals surface area contributed by atoms with Crippen LogP contribution in [0.3, 0.4) is 0 Å². The predicted octanol–water partition coefficient (Wildman–Crippen LogP) is 3.99. The van der Waals surface area contributed by atoms with Crippen molar-refractivity contribution < 1.29 is 13.3 Å². The van der Waals surface area contributed by atoms with E-state index in [1.54, 1.807) is 6.20 Å². The number of nitrogens with zero attached hydrogens (tertiary/aromatic N) is 3. The zero-order valence-corrected chi connectivity index (χ0v) is 17.5. The summed E-state index contributed by atoms with van der Waals surface area (Å²) in [5.41, 5.74) is 1.88. The van der Waals surface area contributed by atoms with E-state index < -0.39 is 14.9 Å². The summed E-state index contributed by atoms with van der Waals surface area (Å²) in [6.07, 6.45) is 1.67. The maximum absolute atomic E-state index is 13.3. The predicted molar refractivity (Wildman–Crippen MR) is 111 cm³/mol. The molecule has 154 valence electrons. The van der Waals surface area contributed by atoms with Gasteiger partial charge in [0.15, 0.2) is 0 Å². The number of allylic oxidation sites excluding steroid dienone is 1. The van der Waals surface area contributed by atoms with Gasteiger partial charge in [-0.25, -0.2) is 8.42 Å². The molecule has 7 nitrogen and oxygen atoms in total. The van der Waals surface area contributed by atoms with E-state index in [4.69, 9.17) is 0 Å². The van der Waals surface area contributed by atoms with Crippen molar-refractivity contribution in [2.75, 3.05) is 6.54 Å². The highest BCUT2D eigenvalue weighted by molar-refractivity contribution is 7.89. The Morgan fingerprint density at radius 1 is 1.10 bits per heavy atom. The first kappa shape index (κ1) is 20.9. The fraction of sp³-hybridized carbons (Fsp3) is 0.333. The van der Waals surface area contributed by atoms with Crippen molar-refractivity contribution in [3.05, 3.63) is 82.2 Å². The minimum atomic E-state index is -3.82. The maximum Gasteiger partial charge on any atom is 0.269 e. The Kier molecular flexibility index (Phi) is 5.93. The number of hydrogen-bond donors (Lipinski definition) is 0. The van der Waals surface area contributed by atoms with Crippen LogP contribution in [0.2, 0.25) is 0 Å². The summed E-state index contributed by atoms with van der Waals surface area (Å²) in [4.78, 5) is 12.6. The largest absolute Gasteiger partial charge is 0.367 e. The molecule has 3 rings (SSSR count). The summed E-state index contributed by atoms with van der Waals surface area (Å²) in [5, 5.41) is 10.9. The Balaban J connectivity index is 1.93. The Morgan fingerprint density at radius 3 is 2.28 bits per heavy atom. The summed E-state index contributed by atoms with van der Waals surface area (Å²) < 4.78 is 28.0. The SMILES string of the molecule is CC1=CN(S(=O)(=O)c2ccc([N+](=O)[O-])cc2)[C@@H](C(C)C)CN1Cc1ccccc1. The van der Waals surface area contributed by atoms with Crippen molar-refractivity contribution in [1.82, 2.24) is 9.21 Å². The fourth-order valence-electron chi connectivity index (χ4n) is 3.42. The van der Waals surface area contributed by atoms with Crippen molar-refractivity contribution in [3.8, 4) is 0 Å². The average Bonchev–Trinajstić information content (AvgIpc) is 2.69. The second kappa shape index (κ2) is 8.24. The third kappa shape index (κ3) is 4.42. The molecule has 1 atom stereocenters. The van der Waals surface area contributed by atoms with Gasteiger partial charge in [-0.3, -0.25) is 14.4 Å². The van der Waals surface area contributed by atoms with E-state index in [-0.39, 0.29) is 22.5 Å². The molecule has 0 spiro atoms. The molecule has 29 heavy (non-hydrogen) atoms. The lowest BCUT2D eigenvalue weighted by Gasteiger charge is -2.42. The molecule has 2 aromatic carbocycles. The van der Waals surface area contributed by atoms with E-state index in [1.807, 2.05) is 39.0 Å². The van der Waals surface area contributed by atoms with Crippen LogP contribution in [0.5, 0.6) is 0 Å². The van der Waals surface area contributed by atoms with Crippen LogP contribution in [0, 0.1) is 16.0 Å². The Hall–Kier alpha value is -2.87. The molecule has 2 aromatic rings. The lowest BCUT2D eigenvalue weighted by atomic mass is 10.0. The van der Waals surface area contributed by atoms with Crippen LogP contribution in [0.1, 0.15) is 26.3 Å². The smallest absolute Gasteiger partial charge is 0.269 e. The number of hydrogen-bond acceptors (Lipinski definition) is 5. The van der Waals surface area contributed by atoms with Crippen molar-refractivity contribution >= 4 is 15.7 Å². The average molecular weight is 416 g/mol. The van der Waals surface area contributed by atoms with Crippen molar-refractivity contribution in [2.45, 2.75) is 38.3 Å². The number of nitro groups is 1. The minimum Gasteiger partial charge on any atom is -0.367 e. The second-order valence-electron chi connectivity index (χ2n) is 7.53. The highest BCUT2D eigenvalue weighted by atomic mass is 32.2. The zero-order valence-electron chi connectivity index (χ0n) is 16.7. The Bertz CT molecular complexity index is 1000. The number of sulfonamides is 1. The van der Waals surface area contributed by atoms with Gasteiger partial charge in [-0.15, -0.1) is 0 Å². The molecule has 0 unspecified atom stereocenters. The monoisotopic (exact) mass is 415 g/mol. The summed E-state index contributed by atoms with van der Waals surface area (Å²) in [6, 6.07) is 14.8. The van der Waals surface area contributed by atoms with Crippen LogP contribution < -0.4 is 0 Å². The fourth-order valence-corrected chi connectivity index (χ4v) is 5.10. The molecule has 0 aliphatic carbocycles. The van der Waals surface area contributed by atoms with Crippen LogP contribution in [-0.4, -0.2) is 35.1 Å². The van der Waals surface area contributed by atoms with Gasteiger partial charge in [0.1, 0.15) is 0 Å². The van der Waals surface area contributed by atoms with Crippen LogP contribution in [0.25, 0.3) is 0 Å². The maximum atomic E-state index is 13.3. The molecule has 0 fully saturated rings. The topological polar surface area (TPSA) is 83.8 Å². The van der Waals surface area contributed by atoms with Gasteiger partial charge in [-0.05, 0) is 30.5 Å². The van der Waals surface area contributed by atoms with Gasteiger partial charge in [0.05, 0.1) is 15.9 Å². The highest BCUT2D eigenvalue weighted by Crippen LogP contribution is 2.30. The van der Waals surface area contributed by atoms with Crippen LogP contribution in [0.4, 0.5) is 5.69 Å². The van der Waals surface area contributed by atoms with Gasteiger partial charge in [-0.2, -0.15) is 0 Å². The van der Waals surface area contributed by atoms with Gasteiger partial charge >= 0.3 is 0 Å². The Labute approximate surface area is 171 Å². The van der Waals surface area contributed by atoms with E-state index in [1.165, 1.54) is 28.6 Å². The second-order valence-corrected chi connectivity index (χ2v) is 9.38. The minimum absolute atomic E-state index is 0.0503. The molecule has 0 bridgehead atoms. The van der Waals surface area contributed by atoms with Crippen molar-refractivity contribution in [1.29, 1.82) is 0 Å². The molecular weight excluding hydrogens is 390 g/mol. The normalized spacial score (nSPS) is 17.4. The molecule has 1 aliphatic rings. The van der Waals surface area contributed by atoms with Gasteiger partial charge in [0.2, 0.25) is 0 Å². The first-order chi connectivity index (χ1) is 13.7. The number of benzene rings is 2. The van der Waals surface area contributed by atoms with Gasteiger partial charge in [-0.1, -0.05) is 44.2 Å². The van der Waals surface area contributed by atoms with Gasteiger partial charge < -0.3 is 4.90 Å². The van der Waals surface area contributed by atoms with Crippen LogP contribution >= 0.6 is 0 Å². The zero-order chi connectivity index (χ0) is 21.2. The highest BCUT2D eigenvalue weighted by Gasteiger charge is 2.36. The molecule has 8 heteroatoms. The summed E-state index contributed by atoms with van der Waals surface area (Å²) in [6.45, 7) is 7.17. The van der Waals surface area contributed by atoms with Gasteiger partial charge in [0.25, 0.3) is 15.7 Å². The van der Waals surface area contributed by atoms with Crippen LogP contribution in [-0.2, 0) is 16.6 Å². The van der Waals surface area contributed by atoms with Crippen molar-refractivity contribution in [3.63, 3.8) is 0 Å². The van der Waals surface area contributed by atoms with E-state index in [0.29, 0.717) is 13.1 Å². The number of nitro benzene ring substituents is 1. The standard InChI is InChI=1S/C21H25N3O4S/c1-16(2)21-15-22(14-18-7-5-4-6-8-18)17(3)13-23(21)29(27,28)20-11-9-19(10-12-20)24(25)26/h4-13,16,21H,14-15H2,1-3H3/t21-/m1/s1. The lowest BCUT2D eigenvalue weighted by Crippen LogP contribution is -2.50. The quantitative estimate of drug-likeness (QED) is 0.526. The molecule has 0 radical (unpaired) electrons. The molecule has 1 heterocycles. The third-order valence-electron chi connectivity index (χ3n) is 5.16. The van der Waals surface area contributed by atoms with E-state index in [2.05, 4.69) is 17.0 Å². The molecule has 0 saturated heterocycles. The summed E-state index contributed by atoms with van der Waals surface area (Å²) >= 11 is 0. The molecule has 0 amide bonds. The number of rotatable bonds is 6. The Morgan fingerprint density at radius 2 is 1.72 bits per heavy atom. The summed E-state index contributed by atoms with van der Waals surface area (Å²) in [5.74, 6) is 0.0884. The van der Waals surface area contributed by atoms with E-state index >= 15 is 0 Å². The summed E-state index contributed by atoms with van der Waals surface area (Å²) in [7, 11) is -3.82. The first-order valence-electron chi connectivity index (χ1n) is 9.45. The van der Waals surface area contributed by atoms with E-state index in [0.717, 1.165) is 11.3 Å². The molecule has 0 aromatic heterocycles. The molecule has 0 N–H and O–H groups in total.